The molecular weight excluding hydrogens is 546 g/mol. The standard InChI is InChI=1S/C33H35F4N3O2/c1-21(2)32(41)38-26-9-4-6-23(19-26)22-13-16-40(17-14-22)15-5-10-28-29-20-27(42-33(35,36)37)11-12-30(29)39-31(28)24-7-3-8-25(34)18-24/h3-4,6-9,11-12,18-22,39H,5,10,13-17H2,1-2H3,(H,38,41). The molecule has 222 valence electrons. The second-order valence-corrected chi connectivity index (χ2v) is 11.2. The predicted molar refractivity (Wildman–Crippen MR) is 157 cm³/mol. The van der Waals surface area contributed by atoms with Crippen LogP contribution in [0.4, 0.5) is 23.2 Å². The number of aryl methyl sites for hydroxylation is 1. The van der Waals surface area contributed by atoms with E-state index >= 15 is 0 Å². The molecule has 9 heteroatoms. The van der Waals surface area contributed by atoms with Crippen molar-refractivity contribution in [2.24, 2.45) is 5.92 Å². The first-order valence-electron chi connectivity index (χ1n) is 14.3. The van der Waals surface area contributed by atoms with Gasteiger partial charge in [0.05, 0.1) is 0 Å². The number of hydrogen-bond acceptors (Lipinski definition) is 3. The number of alkyl halides is 3. The van der Waals surface area contributed by atoms with E-state index in [0.29, 0.717) is 34.5 Å². The van der Waals surface area contributed by atoms with Crippen LogP contribution in [0.1, 0.15) is 50.2 Å². The molecule has 42 heavy (non-hydrogen) atoms. The zero-order valence-corrected chi connectivity index (χ0v) is 23.7. The van der Waals surface area contributed by atoms with Crippen LogP contribution in [0.25, 0.3) is 22.2 Å². The van der Waals surface area contributed by atoms with Gasteiger partial charge in [0.15, 0.2) is 0 Å². The van der Waals surface area contributed by atoms with E-state index in [9.17, 15) is 22.4 Å². The number of likely N-dealkylation sites (tertiary alicyclic amines) is 1. The third-order valence-corrected chi connectivity index (χ3v) is 7.86. The molecule has 0 atom stereocenters. The normalized spacial score (nSPS) is 14.9. The Morgan fingerprint density at radius 1 is 1.05 bits per heavy atom. The topological polar surface area (TPSA) is 57.4 Å². The Morgan fingerprint density at radius 3 is 2.52 bits per heavy atom. The van der Waals surface area contributed by atoms with Gasteiger partial charge in [-0.25, -0.2) is 4.39 Å². The first kappa shape index (κ1) is 29.6. The minimum Gasteiger partial charge on any atom is -0.406 e. The molecule has 1 aliphatic rings. The van der Waals surface area contributed by atoms with Crippen molar-refractivity contribution in [1.82, 2.24) is 9.88 Å². The fourth-order valence-electron chi connectivity index (χ4n) is 5.70. The Balaban J connectivity index is 1.25. The molecule has 5 nitrogen and oxygen atoms in total. The lowest BCUT2D eigenvalue weighted by atomic mass is 9.89. The maximum atomic E-state index is 14.1. The van der Waals surface area contributed by atoms with Gasteiger partial charge in [0.2, 0.25) is 5.91 Å². The summed E-state index contributed by atoms with van der Waals surface area (Å²) in [5, 5.41) is 3.62. The number of nitrogens with zero attached hydrogens (tertiary/aromatic N) is 1. The van der Waals surface area contributed by atoms with E-state index in [-0.39, 0.29) is 23.4 Å². The number of H-pyrrole nitrogens is 1. The van der Waals surface area contributed by atoms with Gasteiger partial charge in [-0.2, -0.15) is 0 Å². The van der Waals surface area contributed by atoms with Crippen LogP contribution in [0, 0.1) is 11.7 Å². The van der Waals surface area contributed by atoms with E-state index in [0.717, 1.165) is 50.1 Å². The van der Waals surface area contributed by atoms with Crippen LogP contribution in [-0.2, 0) is 11.2 Å². The SMILES string of the molecule is CC(C)C(=O)Nc1cccc(C2CCN(CCCc3c(-c4cccc(F)c4)[nH]c4ccc(OC(F)(F)F)cc34)CC2)c1. The van der Waals surface area contributed by atoms with Crippen LogP contribution in [0.3, 0.4) is 0 Å². The molecular formula is C33H35F4N3O2. The summed E-state index contributed by atoms with van der Waals surface area (Å²) in [6, 6.07) is 18.5. The molecule has 0 bridgehead atoms. The molecule has 2 heterocycles. The van der Waals surface area contributed by atoms with Gasteiger partial charge in [-0.05, 0) is 105 Å². The van der Waals surface area contributed by atoms with Gasteiger partial charge in [-0.15, -0.1) is 13.2 Å². The number of anilines is 1. The van der Waals surface area contributed by atoms with Crippen molar-refractivity contribution < 1.29 is 27.1 Å². The highest BCUT2D eigenvalue weighted by molar-refractivity contribution is 5.92. The van der Waals surface area contributed by atoms with Crippen molar-refractivity contribution in [3.05, 3.63) is 83.7 Å². The molecule has 0 radical (unpaired) electrons. The maximum absolute atomic E-state index is 14.1. The molecule has 0 aliphatic carbocycles. The van der Waals surface area contributed by atoms with Crippen LogP contribution in [-0.4, -0.2) is 41.8 Å². The van der Waals surface area contributed by atoms with Crippen molar-refractivity contribution in [2.75, 3.05) is 25.0 Å². The van der Waals surface area contributed by atoms with E-state index in [1.54, 1.807) is 18.2 Å². The van der Waals surface area contributed by atoms with Crippen LogP contribution >= 0.6 is 0 Å². The molecule has 0 saturated carbocycles. The average molecular weight is 582 g/mol. The highest BCUT2D eigenvalue weighted by atomic mass is 19.4. The number of aromatic nitrogens is 1. The Bertz CT molecular complexity index is 1540. The summed E-state index contributed by atoms with van der Waals surface area (Å²) in [6.07, 6.45) is -1.38. The number of ether oxygens (including phenoxy) is 1. The highest BCUT2D eigenvalue weighted by Gasteiger charge is 2.31. The third-order valence-electron chi connectivity index (χ3n) is 7.86. The zero-order chi connectivity index (χ0) is 29.9. The lowest BCUT2D eigenvalue weighted by molar-refractivity contribution is -0.274. The van der Waals surface area contributed by atoms with Crippen molar-refractivity contribution in [1.29, 1.82) is 0 Å². The summed E-state index contributed by atoms with van der Waals surface area (Å²) in [5.41, 5.74) is 4.92. The summed E-state index contributed by atoms with van der Waals surface area (Å²) in [6.45, 7) is 6.44. The summed E-state index contributed by atoms with van der Waals surface area (Å²) >= 11 is 0. The van der Waals surface area contributed by atoms with Crippen molar-refractivity contribution in [3.8, 4) is 17.0 Å². The van der Waals surface area contributed by atoms with Gasteiger partial charge in [-0.3, -0.25) is 4.79 Å². The summed E-state index contributed by atoms with van der Waals surface area (Å²) < 4.78 is 57.0. The van der Waals surface area contributed by atoms with Gasteiger partial charge in [0.25, 0.3) is 0 Å². The molecule has 3 aromatic carbocycles. The fraction of sp³-hybridized carbons (Fsp3) is 0.364. The van der Waals surface area contributed by atoms with Crippen molar-refractivity contribution in [2.45, 2.75) is 51.8 Å². The third kappa shape index (κ3) is 7.31. The first-order valence-corrected chi connectivity index (χ1v) is 14.3. The number of aromatic amines is 1. The zero-order valence-electron chi connectivity index (χ0n) is 23.7. The Morgan fingerprint density at radius 2 is 1.81 bits per heavy atom. The number of piperidine rings is 1. The van der Waals surface area contributed by atoms with E-state index < -0.39 is 6.36 Å². The first-order chi connectivity index (χ1) is 20.1. The number of amides is 1. The lowest BCUT2D eigenvalue weighted by Gasteiger charge is -2.32. The van der Waals surface area contributed by atoms with Crippen LogP contribution in [0.15, 0.2) is 66.7 Å². The molecule has 1 fully saturated rings. The summed E-state index contributed by atoms with van der Waals surface area (Å²) in [5.74, 6) is -0.328. The van der Waals surface area contributed by atoms with Gasteiger partial charge >= 0.3 is 6.36 Å². The quantitative estimate of drug-likeness (QED) is 0.196. The van der Waals surface area contributed by atoms with Crippen molar-refractivity contribution in [3.63, 3.8) is 0 Å². The monoisotopic (exact) mass is 581 g/mol. The summed E-state index contributed by atoms with van der Waals surface area (Å²) in [4.78, 5) is 17.8. The lowest BCUT2D eigenvalue weighted by Crippen LogP contribution is -2.33. The van der Waals surface area contributed by atoms with E-state index in [1.165, 1.54) is 29.8 Å². The number of nitrogens with one attached hydrogen (secondary N) is 2. The van der Waals surface area contributed by atoms with Crippen LogP contribution < -0.4 is 10.1 Å². The number of rotatable bonds is 9. The molecule has 0 unspecified atom stereocenters. The minimum atomic E-state index is -4.79. The molecule has 1 aromatic heterocycles. The minimum absolute atomic E-state index is 0.00169. The summed E-state index contributed by atoms with van der Waals surface area (Å²) in [7, 11) is 0. The molecule has 1 aliphatic heterocycles. The highest BCUT2D eigenvalue weighted by Crippen LogP contribution is 2.35. The van der Waals surface area contributed by atoms with Crippen LogP contribution in [0.2, 0.25) is 0 Å². The second kappa shape index (κ2) is 12.6. The fourth-order valence-corrected chi connectivity index (χ4v) is 5.70. The molecule has 1 saturated heterocycles. The van der Waals surface area contributed by atoms with Gasteiger partial charge in [-0.1, -0.05) is 38.1 Å². The van der Waals surface area contributed by atoms with E-state index in [4.69, 9.17) is 0 Å². The largest absolute Gasteiger partial charge is 0.573 e. The molecule has 5 rings (SSSR count). The van der Waals surface area contributed by atoms with Gasteiger partial charge in [0.1, 0.15) is 11.6 Å². The smallest absolute Gasteiger partial charge is 0.406 e. The van der Waals surface area contributed by atoms with Gasteiger partial charge in [0, 0.05) is 33.8 Å². The number of hydrogen-bond donors (Lipinski definition) is 2. The molecule has 2 N–H and O–H groups in total. The van der Waals surface area contributed by atoms with E-state index in [1.807, 2.05) is 26.0 Å². The Labute approximate surface area is 242 Å². The van der Waals surface area contributed by atoms with Crippen LogP contribution in [0.5, 0.6) is 5.75 Å². The number of fused-ring (bicyclic) bond motifs is 1. The number of carbonyl (C=O) groups excluding carboxylic acids is 1. The maximum Gasteiger partial charge on any atom is 0.573 e. The van der Waals surface area contributed by atoms with Crippen molar-refractivity contribution >= 4 is 22.5 Å². The predicted octanol–water partition coefficient (Wildman–Crippen LogP) is 8.28. The average Bonchev–Trinajstić information content (AvgIpc) is 3.30. The second-order valence-electron chi connectivity index (χ2n) is 11.2. The molecule has 4 aromatic rings. The number of halogens is 4. The number of carbonyl (C=O) groups is 1. The molecule has 0 spiro atoms. The van der Waals surface area contributed by atoms with E-state index in [2.05, 4.69) is 32.1 Å². The Kier molecular flexibility index (Phi) is 8.87. The Hall–Kier alpha value is -3.85. The number of benzene rings is 3. The van der Waals surface area contributed by atoms with Gasteiger partial charge < -0.3 is 19.9 Å². The molecule has 1 amide bonds.